The van der Waals surface area contributed by atoms with E-state index in [2.05, 4.69) is 4.98 Å². The number of alkyl halides is 3. The summed E-state index contributed by atoms with van der Waals surface area (Å²) in [5.41, 5.74) is -0.641. The summed E-state index contributed by atoms with van der Waals surface area (Å²) in [5, 5.41) is 0. The number of hydrogen-bond acceptors (Lipinski definition) is 1. The summed E-state index contributed by atoms with van der Waals surface area (Å²) in [6.45, 7) is 1.40. The second-order valence-electron chi connectivity index (χ2n) is 2.32. The van der Waals surface area contributed by atoms with Crippen LogP contribution in [0.2, 0.25) is 0 Å². The lowest BCUT2D eigenvalue weighted by Crippen LogP contribution is -2.10. The molecule has 0 aliphatic heterocycles. The van der Waals surface area contributed by atoms with E-state index in [1.165, 1.54) is 19.2 Å². The molecule has 0 bridgehead atoms. The molecule has 0 saturated heterocycles. The fourth-order valence-electron chi connectivity index (χ4n) is 0.837. The average molecular weight is 287 g/mol. The Morgan fingerprint density at radius 3 is 2.42 bits per heavy atom. The zero-order valence-corrected chi connectivity index (χ0v) is 8.27. The van der Waals surface area contributed by atoms with Crippen molar-refractivity contribution in [2.24, 2.45) is 0 Å². The topological polar surface area (TPSA) is 12.9 Å². The first-order valence-electron chi connectivity index (χ1n) is 3.10. The van der Waals surface area contributed by atoms with E-state index < -0.39 is 11.9 Å². The first kappa shape index (κ1) is 9.76. The number of pyridine rings is 1. The van der Waals surface area contributed by atoms with Crippen LogP contribution in [0.25, 0.3) is 0 Å². The van der Waals surface area contributed by atoms with Crippen molar-refractivity contribution in [3.63, 3.8) is 0 Å². The van der Waals surface area contributed by atoms with Gasteiger partial charge in [-0.3, -0.25) is 4.98 Å². The molecule has 1 aromatic heterocycles. The first-order valence-corrected chi connectivity index (χ1v) is 4.18. The van der Waals surface area contributed by atoms with Crippen molar-refractivity contribution in [1.29, 1.82) is 0 Å². The van der Waals surface area contributed by atoms with Gasteiger partial charge in [-0.15, -0.1) is 0 Å². The summed E-state index contributed by atoms with van der Waals surface area (Å²) >= 11 is 1.92. The van der Waals surface area contributed by atoms with Crippen LogP contribution in [0.5, 0.6) is 0 Å². The van der Waals surface area contributed by atoms with Crippen molar-refractivity contribution < 1.29 is 13.2 Å². The lowest BCUT2D eigenvalue weighted by molar-refractivity contribution is -0.141. The number of rotatable bonds is 0. The summed E-state index contributed by atoms with van der Waals surface area (Å²) in [5.74, 6) is 0. The number of nitrogens with zero attached hydrogens (tertiary/aromatic N) is 1. The fourth-order valence-corrected chi connectivity index (χ4v) is 1.44. The molecule has 66 valence electrons. The molecule has 0 fully saturated rings. The van der Waals surface area contributed by atoms with Gasteiger partial charge in [-0.1, -0.05) is 0 Å². The maximum absolute atomic E-state index is 12.1. The lowest BCUT2D eigenvalue weighted by Gasteiger charge is -2.07. The van der Waals surface area contributed by atoms with Gasteiger partial charge in [0.05, 0.1) is 0 Å². The van der Waals surface area contributed by atoms with Crippen LogP contribution in [-0.4, -0.2) is 4.98 Å². The van der Waals surface area contributed by atoms with Gasteiger partial charge in [0.2, 0.25) is 0 Å². The molecule has 5 heteroatoms. The Balaban J connectivity index is 3.19. The van der Waals surface area contributed by atoms with Gasteiger partial charge in [0, 0.05) is 9.77 Å². The Hall–Kier alpha value is -0.330. The van der Waals surface area contributed by atoms with Crippen molar-refractivity contribution in [2.45, 2.75) is 13.1 Å². The molecule has 1 aromatic rings. The van der Waals surface area contributed by atoms with Gasteiger partial charge < -0.3 is 0 Å². The molecule has 0 unspecified atom stereocenters. The van der Waals surface area contributed by atoms with Gasteiger partial charge in [0.1, 0.15) is 5.69 Å². The van der Waals surface area contributed by atoms with Crippen LogP contribution in [0, 0.1) is 10.5 Å². The van der Waals surface area contributed by atoms with Gasteiger partial charge in [0.15, 0.2) is 0 Å². The summed E-state index contributed by atoms with van der Waals surface area (Å²) in [4.78, 5) is 3.32. The third-order valence-electron chi connectivity index (χ3n) is 1.31. The normalized spacial score (nSPS) is 11.8. The smallest absolute Gasteiger partial charge is 0.250 e. The molecule has 0 N–H and O–H groups in total. The number of aromatic nitrogens is 1. The predicted octanol–water partition coefficient (Wildman–Crippen LogP) is 3.01. The number of halogens is 4. The molecule has 0 aromatic carbocycles. The first-order chi connectivity index (χ1) is 5.41. The molecular formula is C7H5F3IN. The molecule has 0 aliphatic carbocycles. The zero-order valence-electron chi connectivity index (χ0n) is 6.11. The molecule has 12 heavy (non-hydrogen) atoms. The summed E-state index contributed by atoms with van der Waals surface area (Å²) in [6, 6.07) is 1.45. The summed E-state index contributed by atoms with van der Waals surface area (Å²) in [6.07, 6.45) is -3.13. The van der Waals surface area contributed by atoms with Gasteiger partial charge in [-0.05, 0) is 41.1 Å². The van der Waals surface area contributed by atoms with E-state index in [0.29, 0.717) is 3.57 Å². The molecule has 0 atom stereocenters. The molecule has 1 heterocycles. The second kappa shape index (κ2) is 3.20. The minimum atomic E-state index is -4.34. The van der Waals surface area contributed by atoms with Crippen molar-refractivity contribution in [2.75, 3.05) is 0 Å². The van der Waals surface area contributed by atoms with Crippen LogP contribution in [0.1, 0.15) is 11.3 Å². The Morgan fingerprint density at radius 1 is 1.42 bits per heavy atom. The van der Waals surface area contributed by atoms with E-state index in [4.69, 9.17) is 0 Å². The monoisotopic (exact) mass is 287 g/mol. The van der Waals surface area contributed by atoms with Crippen LogP contribution in [0.3, 0.4) is 0 Å². The Morgan fingerprint density at radius 2 is 2.00 bits per heavy atom. The fraction of sp³-hybridized carbons (Fsp3) is 0.286. The highest BCUT2D eigenvalue weighted by molar-refractivity contribution is 14.1. The van der Waals surface area contributed by atoms with E-state index in [1.807, 2.05) is 22.6 Å². The van der Waals surface area contributed by atoms with E-state index in [1.54, 1.807) is 0 Å². The Kier molecular flexibility index (Phi) is 2.60. The third kappa shape index (κ3) is 2.09. The van der Waals surface area contributed by atoms with Crippen LogP contribution in [0.15, 0.2) is 12.3 Å². The lowest BCUT2D eigenvalue weighted by atomic mass is 10.2. The summed E-state index contributed by atoms with van der Waals surface area (Å²) < 4.78 is 37.1. The standard InChI is InChI=1S/C7H5F3IN/c1-4-2-5(11)3-12-6(4)7(8,9)10/h2-3H,1H3. The highest BCUT2D eigenvalue weighted by Crippen LogP contribution is 2.30. The van der Waals surface area contributed by atoms with E-state index >= 15 is 0 Å². The molecule has 1 rings (SSSR count). The largest absolute Gasteiger partial charge is 0.433 e. The summed E-state index contributed by atoms with van der Waals surface area (Å²) in [7, 11) is 0. The van der Waals surface area contributed by atoms with Crippen LogP contribution < -0.4 is 0 Å². The van der Waals surface area contributed by atoms with Crippen molar-refractivity contribution in [3.05, 3.63) is 27.1 Å². The van der Waals surface area contributed by atoms with E-state index in [-0.39, 0.29) is 5.56 Å². The van der Waals surface area contributed by atoms with E-state index in [0.717, 1.165) is 0 Å². The molecular weight excluding hydrogens is 282 g/mol. The number of aryl methyl sites for hydroxylation is 1. The van der Waals surface area contributed by atoms with Crippen LogP contribution >= 0.6 is 22.6 Å². The highest BCUT2D eigenvalue weighted by atomic mass is 127. The minimum absolute atomic E-state index is 0.161. The zero-order chi connectivity index (χ0) is 9.35. The molecule has 0 radical (unpaired) electrons. The van der Waals surface area contributed by atoms with Gasteiger partial charge >= 0.3 is 6.18 Å². The van der Waals surface area contributed by atoms with Gasteiger partial charge in [-0.25, -0.2) is 0 Å². The quantitative estimate of drug-likeness (QED) is 0.668. The van der Waals surface area contributed by atoms with Gasteiger partial charge in [0.25, 0.3) is 0 Å². The van der Waals surface area contributed by atoms with Crippen LogP contribution in [0.4, 0.5) is 13.2 Å². The highest BCUT2D eigenvalue weighted by Gasteiger charge is 2.34. The third-order valence-corrected chi connectivity index (χ3v) is 1.90. The molecule has 0 aliphatic rings. The maximum atomic E-state index is 12.1. The van der Waals surface area contributed by atoms with Crippen LogP contribution in [-0.2, 0) is 6.18 Å². The predicted molar refractivity (Wildman–Crippen MR) is 46.7 cm³/mol. The SMILES string of the molecule is Cc1cc(I)cnc1C(F)(F)F. The maximum Gasteiger partial charge on any atom is 0.433 e. The Bertz CT molecular complexity index is 295. The van der Waals surface area contributed by atoms with Gasteiger partial charge in [-0.2, -0.15) is 13.2 Å². The molecule has 0 amide bonds. The minimum Gasteiger partial charge on any atom is -0.250 e. The average Bonchev–Trinajstić information content (AvgIpc) is 1.83. The number of hydrogen-bond donors (Lipinski definition) is 0. The molecule has 0 spiro atoms. The van der Waals surface area contributed by atoms with Crippen molar-refractivity contribution in [3.8, 4) is 0 Å². The molecule has 0 saturated carbocycles. The van der Waals surface area contributed by atoms with E-state index in [9.17, 15) is 13.2 Å². The molecule has 1 nitrogen and oxygen atoms in total. The van der Waals surface area contributed by atoms with Crippen molar-refractivity contribution >= 4 is 22.6 Å². The Labute approximate surface area is 81.1 Å². The van der Waals surface area contributed by atoms with Crippen molar-refractivity contribution in [1.82, 2.24) is 4.98 Å². The second-order valence-corrected chi connectivity index (χ2v) is 3.56.